The molecule has 2 aromatic heterocycles. The van der Waals surface area contributed by atoms with Gasteiger partial charge in [0.25, 0.3) is 0 Å². The molecule has 6 aromatic rings. The summed E-state index contributed by atoms with van der Waals surface area (Å²) in [7, 11) is 0. The van der Waals surface area contributed by atoms with E-state index in [9.17, 15) is 4.79 Å². The third-order valence-corrected chi connectivity index (χ3v) is 8.08. The van der Waals surface area contributed by atoms with Crippen LogP contribution in [0, 0.1) is 6.07 Å². The predicted octanol–water partition coefficient (Wildman–Crippen LogP) is 9.97. The molecule has 1 N–H and O–H groups in total. The zero-order valence-electron chi connectivity index (χ0n) is 25.0. The number of furan rings is 1. The maximum atomic E-state index is 10.7. The Balaban J connectivity index is 0.000000287. The van der Waals surface area contributed by atoms with E-state index in [0.717, 1.165) is 44.1 Å². The largest absolute Gasteiger partial charge is 0.507 e. The molecule has 4 aromatic carbocycles. The molecule has 0 unspecified atom stereocenters. The van der Waals surface area contributed by atoms with Crippen molar-refractivity contribution in [2.45, 2.75) is 58.3 Å². The fourth-order valence-corrected chi connectivity index (χ4v) is 5.88. The Bertz CT molecular complexity index is 1930. The van der Waals surface area contributed by atoms with Crippen LogP contribution in [0.15, 0.2) is 89.5 Å². The second-order valence-electron chi connectivity index (χ2n) is 11.1. The SMILES string of the molecule is CC(=O)c1ccccc1O.[2H]C(C)(C)c1[c-]c(-c2nccc3cc(C4CCCC4)ccc23)c2oc3ccccc3c2c1.[Ir]. The summed E-state index contributed by atoms with van der Waals surface area (Å²) < 4.78 is 15.0. The summed E-state index contributed by atoms with van der Waals surface area (Å²) in [5.41, 5.74) is 6.00. The van der Waals surface area contributed by atoms with Gasteiger partial charge in [0.05, 0.1) is 11.1 Å². The van der Waals surface area contributed by atoms with Gasteiger partial charge in [0.15, 0.2) is 5.78 Å². The van der Waals surface area contributed by atoms with Crippen molar-refractivity contribution in [1.82, 2.24) is 4.98 Å². The second-order valence-corrected chi connectivity index (χ2v) is 11.1. The third kappa shape index (κ3) is 5.77. The zero-order valence-corrected chi connectivity index (χ0v) is 26.4. The molecule has 0 saturated heterocycles. The molecule has 0 spiro atoms. The van der Waals surface area contributed by atoms with Gasteiger partial charge in [-0.2, -0.15) is 0 Å². The summed E-state index contributed by atoms with van der Waals surface area (Å²) in [6.07, 6.45) is 7.13. The van der Waals surface area contributed by atoms with Crippen LogP contribution >= 0.6 is 0 Å². The van der Waals surface area contributed by atoms with E-state index in [1.165, 1.54) is 49.6 Å². The molecule has 2 heterocycles. The Morgan fingerprint density at radius 3 is 2.43 bits per heavy atom. The molecule has 1 aliphatic carbocycles. The van der Waals surface area contributed by atoms with E-state index in [1.54, 1.807) is 18.2 Å². The number of carbonyl (C=O) groups excluding carboxylic acids is 1. The van der Waals surface area contributed by atoms with Gasteiger partial charge in [0.1, 0.15) is 11.3 Å². The zero-order chi connectivity index (χ0) is 29.4. The van der Waals surface area contributed by atoms with Crippen LogP contribution in [0.3, 0.4) is 0 Å². The predicted molar refractivity (Wildman–Crippen MR) is 167 cm³/mol. The molecule has 42 heavy (non-hydrogen) atoms. The molecule has 0 aliphatic heterocycles. The van der Waals surface area contributed by atoms with Gasteiger partial charge in [-0.1, -0.05) is 86.2 Å². The van der Waals surface area contributed by atoms with Gasteiger partial charge in [-0.05, 0) is 77.9 Å². The Morgan fingerprint density at radius 1 is 0.976 bits per heavy atom. The number of phenols is 1. The van der Waals surface area contributed by atoms with Crippen molar-refractivity contribution < 1.29 is 35.8 Å². The van der Waals surface area contributed by atoms with Gasteiger partial charge in [-0.25, -0.2) is 0 Å². The van der Waals surface area contributed by atoms with Crippen LogP contribution in [0.5, 0.6) is 5.75 Å². The van der Waals surface area contributed by atoms with Crippen molar-refractivity contribution in [2.24, 2.45) is 0 Å². The van der Waals surface area contributed by atoms with E-state index in [1.807, 2.05) is 38.2 Å². The van der Waals surface area contributed by atoms with Crippen LogP contribution in [0.1, 0.15) is 81.1 Å². The Kier molecular flexibility index (Phi) is 8.50. The third-order valence-electron chi connectivity index (χ3n) is 8.08. The number of rotatable bonds is 4. The molecule has 5 heteroatoms. The molecule has 7 rings (SSSR count). The van der Waals surface area contributed by atoms with Gasteiger partial charge in [0.2, 0.25) is 0 Å². The van der Waals surface area contributed by atoms with Gasteiger partial charge >= 0.3 is 0 Å². The minimum Gasteiger partial charge on any atom is -0.507 e. The van der Waals surface area contributed by atoms with Gasteiger partial charge in [-0.3, -0.25) is 4.79 Å². The van der Waals surface area contributed by atoms with Crippen LogP contribution < -0.4 is 0 Å². The molecule has 1 radical (unpaired) electrons. The number of phenolic OH excluding ortho intramolecular Hbond substituents is 1. The summed E-state index contributed by atoms with van der Waals surface area (Å²) in [4.78, 5) is 15.5. The summed E-state index contributed by atoms with van der Waals surface area (Å²) in [6.45, 7) is 5.23. The first-order chi connectivity index (χ1) is 20.2. The number of aromatic hydroxyl groups is 1. The summed E-state index contributed by atoms with van der Waals surface area (Å²) in [5.74, 6) is -0.160. The van der Waals surface area contributed by atoms with E-state index >= 15 is 0 Å². The van der Waals surface area contributed by atoms with Crippen LogP contribution in [-0.4, -0.2) is 15.9 Å². The monoisotopic (exact) mass is 734 g/mol. The van der Waals surface area contributed by atoms with Gasteiger partial charge in [0, 0.05) is 33.1 Å². The van der Waals surface area contributed by atoms with Crippen molar-refractivity contribution in [2.75, 3.05) is 0 Å². The number of pyridine rings is 1. The number of benzene rings is 4. The minimum absolute atomic E-state index is 0. The number of hydrogen-bond acceptors (Lipinski definition) is 4. The molecule has 1 saturated carbocycles. The molecule has 0 atom stereocenters. The maximum Gasteiger partial charge on any atom is 0.163 e. The minimum atomic E-state index is -0.776. The number of ketones is 1. The number of Topliss-reactive ketones (excluding diaryl/α,β-unsaturated/α-hetero) is 1. The molecule has 4 nitrogen and oxygen atoms in total. The van der Waals surface area contributed by atoms with E-state index in [0.29, 0.717) is 11.5 Å². The molecule has 1 fully saturated rings. The molecule has 0 amide bonds. The fraction of sp³-hybridized carbons (Fsp3) is 0.243. The Morgan fingerprint density at radius 2 is 1.71 bits per heavy atom. The first kappa shape index (κ1) is 28.3. The number of carbonyl (C=O) groups is 1. The quantitative estimate of drug-likeness (QED) is 0.145. The summed E-state index contributed by atoms with van der Waals surface area (Å²) >= 11 is 0. The number of fused-ring (bicyclic) bond motifs is 4. The molecule has 1 aliphatic rings. The summed E-state index contributed by atoms with van der Waals surface area (Å²) in [6, 6.07) is 29.1. The topological polar surface area (TPSA) is 63.3 Å². The van der Waals surface area contributed by atoms with Crippen LogP contribution in [0.2, 0.25) is 0 Å². The maximum absolute atomic E-state index is 10.7. The number of para-hydroxylation sites is 2. The first-order valence-corrected chi connectivity index (χ1v) is 14.3. The van der Waals surface area contributed by atoms with Gasteiger partial charge < -0.3 is 14.5 Å². The number of nitrogens with zero attached hydrogens (tertiary/aromatic N) is 1. The van der Waals surface area contributed by atoms with E-state index in [-0.39, 0.29) is 31.6 Å². The van der Waals surface area contributed by atoms with E-state index in [2.05, 4.69) is 42.5 Å². The van der Waals surface area contributed by atoms with Crippen LogP contribution in [0.4, 0.5) is 0 Å². The Hall–Kier alpha value is -3.79. The molecular formula is C37H34IrNO3-. The van der Waals surface area contributed by atoms with Gasteiger partial charge in [-0.15, -0.1) is 17.7 Å². The van der Waals surface area contributed by atoms with Crippen molar-refractivity contribution in [3.05, 3.63) is 108 Å². The molecular weight excluding hydrogens is 699 g/mol. The fourth-order valence-electron chi connectivity index (χ4n) is 5.88. The average Bonchev–Trinajstić information content (AvgIpc) is 3.65. The van der Waals surface area contributed by atoms with Crippen molar-refractivity contribution in [3.8, 4) is 17.0 Å². The van der Waals surface area contributed by atoms with Crippen LogP contribution in [0.25, 0.3) is 44.0 Å². The van der Waals surface area contributed by atoms with E-state index < -0.39 is 5.89 Å². The summed E-state index contributed by atoms with van der Waals surface area (Å²) in [5, 5.41) is 13.4. The standard InChI is InChI=1S/C29H26NO.C8H8O2.Ir/c1-18(2)22-16-25-24-9-5-6-10-27(24)31-29(25)26(17-22)28-23-12-11-20(19-7-3-4-8-19)15-21(23)13-14-30-28;1-6(9)7-4-2-3-5-8(7)10;/h5-6,9-16,18-19H,3-4,7-8H2,1-2H3;2-5,10H,1H3;/q-1;;/i18D;;. The van der Waals surface area contributed by atoms with Crippen molar-refractivity contribution >= 4 is 38.5 Å². The van der Waals surface area contributed by atoms with Crippen molar-refractivity contribution in [1.29, 1.82) is 0 Å². The number of hydrogen-bond donors (Lipinski definition) is 1. The average molecular weight is 734 g/mol. The second kappa shape index (κ2) is 12.6. The molecule has 0 bridgehead atoms. The molecule has 215 valence electrons. The van der Waals surface area contributed by atoms with Crippen LogP contribution in [-0.2, 0) is 20.1 Å². The number of aromatic nitrogens is 1. The first-order valence-electron chi connectivity index (χ1n) is 14.8. The van der Waals surface area contributed by atoms with E-state index in [4.69, 9.17) is 15.9 Å². The normalized spacial score (nSPS) is 13.9. The smallest absolute Gasteiger partial charge is 0.163 e. The van der Waals surface area contributed by atoms with Crippen molar-refractivity contribution in [3.63, 3.8) is 0 Å². The Labute approximate surface area is 261 Å².